The summed E-state index contributed by atoms with van der Waals surface area (Å²) in [5.74, 6) is 0. The van der Waals surface area contributed by atoms with E-state index in [9.17, 15) is 0 Å². The van der Waals surface area contributed by atoms with Crippen molar-refractivity contribution in [1.82, 2.24) is 4.57 Å². The summed E-state index contributed by atoms with van der Waals surface area (Å²) in [4.78, 5) is 2.42. The fraction of sp³-hybridized carbons (Fsp3) is 0. The minimum Gasteiger partial charge on any atom is -0.310 e. The molecular weight excluding hydrogens is 749 g/mol. The van der Waals surface area contributed by atoms with Crippen LogP contribution in [0.5, 0.6) is 0 Å². The monoisotopic (exact) mass is 788 g/mol. The Morgan fingerprint density at radius 1 is 0.274 bits per heavy atom. The second-order valence-electron chi connectivity index (χ2n) is 16.1. The molecule has 12 rings (SSSR count). The van der Waals surface area contributed by atoms with Crippen molar-refractivity contribution in [2.24, 2.45) is 0 Å². The lowest BCUT2D eigenvalue weighted by Crippen LogP contribution is -2.10. The highest BCUT2D eigenvalue weighted by Gasteiger charge is 2.21. The van der Waals surface area contributed by atoms with Crippen molar-refractivity contribution in [1.29, 1.82) is 0 Å². The number of rotatable bonds is 7. The van der Waals surface area contributed by atoms with Crippen molar-refractivity contribution in [2.45, 2.75) is 0 Å². The molecule has 0 aliphatic carbocycles. The van der Waals surface area contributed by atoms with Gasteiger partial charge in [-0.05, 0) is 109 Å². The Labute approximate surface area is 360 Å². The lowest BCUT2D eigenvalue weighted by atomic mass is 9.93. The van der Waals surface area contributed by atoms with E-state index in [2.05, 4.69) is 252 Å². The van der Waals surface area contributed by atoms with E-state index in [1.165, 1.54) is 87.5 Å². The standard InChI is InChI=1S/C60H40N2/c1-2-16-41(17-3-1)42-30-34-45(35-31-42)61(46-36-32-43(33-37-46)56-40-44-18-4-5-19-47(44)48-20-6-7-22-50(48)56)60-39-38-51(49-21-8-9-23-52(49)60)53-24-10-13-27-57(53)62-58-28-14-11-25-54(58)55-26-12-15-29-59(55)62/h1-40H. The number of nitrogens with zero attached hydrogens (tertiary/aromatic N) is 2. The number of fused-ring (bicyclic) bond motifs is 7. The highest BCUT2D eigenvalue weighted by Crippen LogP contribution is 2.45. The Kier molecular flexibility index (Phi) is 8.53. The van der Waals surface area contributed by atoms with E-state index in [-0.39, 0.29) is 0 Å². The molecule has 0 bridgehead atoms. The van der Waals surface area contributed by atoms with Gasteiger partial charge >= 0.3 is 0 Å². The van der Waals surface area contributed by atoms with Gasteiger partial charge in [0.15, 0.2) is 0 Å². The van der Waals surface area contributed by atoms with Gasteiger partial charge in [-0.1, -0.05) is 188 Å². The molecule has 2 heteroatoms. The van der Waals surface area contributed by atoms with Crippen molar-refractivity contribution in [3.8, 4) is 39.1 Å². The second kappa shape index (κ2) is 14.8. The number of hydrogen-bond acceptors (Lipinski definition) is 1. The Morgan fingerprint density at radius 2 is 0.758 bits per heavy atom. The molecule has 62 heavy (non-hydrogen) atoms. The van der Waals surface area contributed by atoms with E-state index in [4.69, 9.17) is 0 Å². The van der Waals surface area contributed by atoms with Gasteiger partial charge in [0, 0.05) is 33.1 Å². The molecule has 0 amide bonds. The minimum absolute atomic E-state index is 1.09. The maximum atomic E-state index is 2.43. The predicted octanol–water partition coefficient (Wildman–Crippen LogP) is 16.7. The van der Waals surface area contributed by atoms with E-state index in [1.807, 2.05) is 0 Å². The Hall–Kier alpha value is -8.20. The molecule has 0 radical (unpaired) electrons. The summed E-state index contributed by atoms with van der Waals surface area (Å²) >= 11 is 0. The van der Waals surface area contributed by atoms with E-state index in [0.29, 0.717) is 0 Å². The first kappa shape index (κ1) is 35.7. The van der Waals surface area contributed by atoms with Crippen LogP contribution in [-0.2, 0) is 0 Å². The molecule has 2 nitrogen and oxygen atoms in total. The van der Waals surface area contributed by atoms with Gasteiger partial charge in [0.2, 0.25) is 0 Å². The number of hydrogen-bond donors (Lipinski definition) is 0. The maximum absolute atomic E-state index is 2.43. The fourth-order valence-corrected chi connectivity index (χ4v) is 9.74. The van der Waals surface area contributed by atoms with Crippen molar-refractivity contribution < 1.29 is 0 Å². The summed E-state index contributed by atoms with van der Waals surface area (Å²) in [6, 6.07) is 88.5. The second-order valence-corrected chi connectivity index (χ2v) is 16.1. The van der Waals surface area contributed by atoms with Gasteiger partial charge in [-0.15, -0.1) is 0 Å². The van der Waals surface area contributed by atoms with Gasteiger partial charge in [0.25, 0.3) is 0 Å². The van der Waals surface area contributed by atoms with Crippen molar-refractivity contribution in [3.63, 3.8) is 0 Å². The number of benzene rings is 11. The van der Waals surface area contributed by atoms with Crippen LogP contribution in [0, 0.1) is 0 Å². The van der Waals surface area contributed by atoms with E-state index >= 15 is 0 Å². The van der Waals surface area contributed by atoms with E-state index in [0.717, 1.165) is 22.7 Å². The number of anilines is 3. The van der Waals surface area contributed by atoms with E-state index in [1.54, 1.807) is 0 Å². The van der Waals surface area contributed by atoms with Crippen LogP contribution in [0.25, 0.3) is 93.2 Å². The molecule has 290 valence electrons. The highest BCUT2D eigenvalue weighted by atomic mass is 15.1. The largest absolute Gasteiger partial charge is 0.310 e. The third-order valence-corrected chi connectivity index (χ3v) is 12.6. The van der Waals surface area contributed by atoms with Crippen LogP contribution in [0.2, 0.25) is 0 Å². The van der Waals surface area contributed by atoms with Crippen LogP contribution >= 0.6 is 0 Å². The first-order chi connectivity index (χ1) is 30.8. The molecule has 0 fully saturated rings. The van der Waals surface area contributed by atoms with Crippen LogP contribution in [-0.4, -0.2) is 4.57 Å². The normalized spacial score (nSPS) is 11.5. The van der Waals surface area contributed by atoms with Crippen LogP contribution < -0.4 is 4.90 Å². The summed E-state index contributed by atoms with van der Waals surface area (Å²) < 4.78 is 2.43. The smallest absolute Gasteiger partial charge is 0.0541 e. The maximum Gasteiger partial charge on any atom is 0.0541 e. The Morgan fingerprint density at radius 3 is 1.44 bits per heavy atom. The zero-order chi connectivity index (χ0) is 41.0. The predicted molar refractivity (Wildman–Crippen MR) is 264 cm³/mol. The molecule has 12 aromatic rings. The third kappa shape index (κ3) is 5.88. The lowest BCUT2D eigenvalue weighted by Gasteiger charge is -2.28. The van der Waals surface area contributed by atoms with Gasteiger partial charge < -0.3 is 9.47 Å². The van der Waals surface area contributed by atoms with Gasteiger partial charge in [-0.3, -0.25) is 0 Å². The summed E-state index contributed by atoms with van der Waals surface area (Å²) in [5, 5.41) is 9.95. The molecule has 0 saturated carbocycles. The lowest BCUT2D eigenvalue weighted by molar-refractivity contribution is 1.18. The molecule has 0 aliphatic heterocycles. The molecule has 11 aromatic carbocycles. The highest BCUT2D eigenvalue weighted by molar-refractivity contribution is 6.14. The van der Waals surface area contributed by atoms with E-state index < -0.39 is 0 Å². The molecule has 0 unspecified atom stereocenters. The third-order valence-electron chi connectivity index (χ3n) is 12.6. The summed E-state index contributed by atoms with van der Waals surface area (Å²) in [7, 11) is 0. The first-order valence-electron chi connectivity index (χ1n) is 21.3. The number of para-hydroxylation sites is 3. The quantitative estimate of drug-likeness (QED) is 0.146. The zero-order valence-corrected chi connectivity index (χ0v) is 34.0. The number of aromatic nitrogens is 1. The summed E-state index contributed by atoms with van der Waals surface area (Å²) in [6.45, 7) is 0. The Balaban J connectivity index is 1.03. The summed E-state index contributed by atoms with van der Waals surface area (Å²) in [6.07, 6.45) is 0. The van der Waals surface area contributed by atoms with Crippen LogP contribution in [0.15, 0.2) is 243 Å². The molecule has 0 saturated heterocycles. The first-order valence-corrected chi connectivity index (χ1v) is 21.3. The fourth-order valence-electron chi connectivity index (χ4n) is 9.74. The van der Waals surface area contributed by atoms with Crippen LogP contribution in [0.4, 0.5) is 17.1 Å². The molecule has 0 aliphatic rings. The molecule has 1 heterocycles. The van der Waals surface area contributed by atoms with Crippen LogP contribution in [0.1, 0.15) is 0 Å². The Bertz CT molecular complexity index is 3560. The van der Waals surface area contributed by atoms with Crippen LogP contribution in [0.3, 0.4) is 0 Å². The average Bonchev–Trinajstić information content (AvgIpc) is 3.69. The molecular formula is C60H40N2. The van der Waals surface area contributed by atoms with Gasteiger partial charge in [-0.2, -0.15) is 0 Å². The zero-order valence-electron chi connectivity index (χ0n) is 34.0. The molecule has 0 atom stereocenters. The van der Waals surface area contributed by atoms with Gasteiger partial charge in [-0.25, -0.2) is 0 Å². The van der Waals surface area contributed by atoms with Crippen molar-refractivity contribution in [3.05, 3.63) is 243 Å². The molecule has 0 spiro atoms. The molecule has 0 N–H and O–H groups in total. The average molecular weight is 789 g/mol. The van der Waals surface area contributed by atoms with Gasteiger partial charge in [0.05, 0.1) is 22.4 Å². The summed E-state index contributed by atoms with van der Waals surface area (Å²) in [5.41, 5.74) is 14.1. The SMILES string of the molecule is c1ccc(-c2ccc(N(c3ccc(-c4cc5ccccc5c5ccccc45)cc3)c3ccc(-c4ccccc4-n4c5ccccc5c5ccccc54)c4ccccc34)cc2)cc1. The van der Waals surface area contributed by atoms with Crippen molar-refractivity contribution in [2.75, 3.05) is 4.90 Å². The minimum atomic E-state index is 1.09. The van der Waals surface area contributed by atoms with Gasteiger partial charge in [0.1, 0.15) is 0 Å². The van der Waals surface area contributed by atoms with Crippen molar-refractivity contribution >= 4 is 71.2 Å². The molecule has 1 aromatic heterocycles. The topological polar surface area (TPSA) is 8.17 Å².